The van der Waals surface area contributed by atoms with Crippen LogP contribution in [0.1, 0.15) is 0 Å². The molecule has 0 aromatic rings. The Labute approximate surface area is 113 Å². The number of rotatable bonds is 0. The zero-order valence-electron chi connectivity index (χ0n) is 2.81. The van der Waals surface area contributed by atoms with E-state index in [-0.39, 0.29) is 115 Å². The second-order valence-corrected chi connectivity index (χ2v) is 0. The van der Waals surface area contributed by atoms with Crippen molar-refractivity contribution in [3.63, 3.8) is 0 Å². The molecule has 0 aliphatic heterocycles. The first-order valence-electron chi connectivity index (χ1n) is 0. The van der Waals surface area contributed by atoms with Gasteiger partial charge in [0.15, 0.2) is 0 Å². The average molecular weight is 541 g/mol. The Hall–Kier alpha value is 3.56. The molecule has 0 rings (SSSR count). The maximum Gasteiger partial charge on any atom is 0 e. The molecular weight excluding hydrogens is 541 g/mol. The maximum absolute atomic E-state index is 0. The maximum atomic E-state index is 0. The molecule has 0 saturated heterocycles. The predicted molar refractivity (Wildman–Crippen MR) is 17.3 cm³/mol. The van der Waals surface area contributed by atoms with Crippen LogP contribution in [0.2, 0.25) is 0 Å². The average Bonchev–Trinajstić information content (AvgIpc) is 0. The van der Waals surface area contributed by atoms with Crippen molar-refractivity contribution in [2.75, 3.05) is 0 Å². The first-order chi connectivity index (χ1) is 0. The summed E-state index contributed by atoms with van der Waals surface area (Å²) in [5.74, 6) is 0. The van der Waals surface area contributed by atoms with E-state index in [0.717, 1.165) is 0 Å². The third kappa shape index (κ3) is 25.7. The van der Waals surface area contributed by atoms with Gasteiger partial charge in [0.1, 0.15) is 0 Å². The largest absolute Gasteiger partial charge is 0 e. The first-order valence-corrected chi connectivity index (χ1v) is 0. The zero-order chi connectivity index (χ0) is 0. The van der Waals surface area contributed by atoms with E-state index in [9.17, 15) is 0 Å². The van der Waals surface area contributed by atoms with E-state index in [1.54, 1.807) is 0 Å². The van der Waals surface area contributed by atoms with Crippen molar-refractivity contribution < 1.29 is 53.6 Å². The summed E-state index contributed by atoms with van der Waals surface area (Å²) in [7, 11) is 0. The van der Waals surface area contributed by atoms with Crippen LogP contribution in [0.15, 0.2) is 0 Å². The molecule has 34 valence electrons. The second kappa shape index (κ2) is 38.6. The summed E-state index contributed by atoms with van der Waals surface area (Å²) in [5, 5.41) is 0. The van der Waals surface area contributed by atoms with E-state index < -0.39 is 0 Å². The molecule has 0 fully saturated rings. The minimum Gasteiger partial charge on any atom is 0 e. The molecular formula is BiCuFeSiSnZn. The van der Waals surface area contributed by atoms with Crippen molar-refractivity contribution >= 4 is 61.1 Å². The fourth-order valence-electron chi connectivity index (χ4n) is 0. The molecule has 0 aliphatic carbocycles. The zero-order valence-corrected chi connectivity index (χ0v) is 15.2. The van der Waals surface area contributed by atoms with Crippen LogP contribution in [0.25, 0.3) is 0 Å². The third-order valence-electron chi connectivity index (χ3n) is 0. The molecule has 0 N–H and O–H groups in total. The standard InChI is InChI=1S/Bi.Cu.Fe.Si.Sn.Zn. The minimum absolute atomic E-state index is 0. The van der Waals surface area contributed by atoms with Crippen LogP contribution in [0.4, 0.5) is 0 Å². The van der Waals surface area contributed by atoms with E-state index >= 15 is 0 Å². The second-order valence-electron chi connectivity index (χ2n) is 0. The van der Waals surface area contributed by atoms with Gasteiger partial charge in [0.2, 0.25) is 0 Å². The molecule has 0 saturated carbocycles. The topological polar surface area (TPSA) is 0 Å². The Morgan fingerprint density at radius 2 is 1.00 bits per heavy atom. The van der Waals surface area contributed by atoms with Gasteiger partial charge in [-0.25, -0.2) is 0 Å². The van der Waals surface area contributed by atoms with Crippen molar-refractivity contribution in [1.29, 1.82) is 0 Å². The van der Waals surface area contributed by atoms with Gasteiger partial charge in [0.05, 0.1) is 0 Å². The van der Waals surface area contributed by atoms with Crippen LogP contribution in [0, 0.1) is 0 Å². The van der Waals surface area contributed by atoms with Gasteiger partial charge < -0.3 is 0 Å². The molecule has 0 aliphatic rings. The summed E-state index contributed by atoms with van der Waals surface area (Å²) in [6.45, 7) is 0. The summed E-state index contributed by atoms with van der Waals surface area (Å²) in [6, 6.07) is 0. The smallest absolute Gasteiger partial charge is 0 e. The monoisotopic (exact) mass is 540 g/mol. The SMILES string of the molecule is [Bi].[Cu].[Fe].[Si].[Sn].[Zn]. The first kappa shape index (κ1) is 55.3. The molecule has 0 aromatic heterocycles. The molecule has 12 radical (unpaired) electrons. The van der Waals surface area contributed by atoms with E-state index in [1.807, 2.05) is 0 Å². The van der Waals surface area contributed by atoms with Crippen LogP contribution in [0.3, 0.4) is 0 Å². The Balaban J connectivity index is 0. The van der Waals surface area contributed by atoms with Gasteiger partial charge in [-0.3, -0.25) is 0 Å². The summed E-state index contributed by atoms with van der Waals surface area (Å²) in [5.41, 5.74) is 0. The summed E-state index contributed by atoms with van der Waals surface area (Å²) in [6.07, 6.45) is 0. The third-order valence-corrected chi connectivity index (χ3v) is 0. The van der Waals surface area contributed by atoms with Gasteiger partial charge in [-0.05, 0) is 0 Å². The van der Waals surface area contributed by atoms with E-state index in [0.29, 0.717) is 0 Å². The van der Waals surface area contributed by atoms with Crippen LogP contribution >= 0.6 is 0 Å². The summed E-state index contributed by atoms with van der Waals surface area (Å²) < 4.78 is 0. The molecule has 0 unspecified atom stereocenters. The van der Waals surface area contributed by atoms with Crippen LogP contribution in [-0.4, -0.2) is 61.1 Å². The molecule has 6 heteroatoms. The van der Waals surface area contributed by atoms with E-state index in [2.05, 4.69) is 0 Å². The summed E-state index contributed by atoms with van der Waals surface area (Å²) in [4.78, 5) is 0. The fourth-order valence-corrected chi connectivity index (χ4v) is 0. The van der Waals surface area contributed by atoms with Gasteiger partial charge in [-0.15, -0.1) is 0 Å². The fraction of sp³-hybridized carbons (Fsp3) is 0. The molecule has 0 bridgehead atoms. The summed E-state index contributed by atoms with van der Waals surface area (Å²) >= 11 is 0. The van der Waals surface area contributed by atoms with Gasteiger partial charge in [-0.2, -0.15) is 0 Å². The predicted octanol–water partition coefficient (Wildman–Crippen LogP) is -1.15. The van der Waals surface area contributed by atoms with Crippen molar-refractivity contribution in [3.05, 3.63) is 0 Å². The van der Waals surface area contributed by atoms with Gasteiger partial charge in [-0.1, -0.05) is 0 Å². The normalized spacial score (nSPS) is 0. The van der Waals surface area contributed by atoms with Crippen LogP contribution in [0.5, 0.6) is 0 Å². The quantitative estimate of drug-likeness (QED) is 0.341. The molecule has 0 atom stereocenters. The van der Waals surface area contributed by atoms with Gasteiger partial charge in [0, 0.05) is 115 Å². The minimum atomic E-state index is 0. The van der Waals surface area contributed by atoms with E-state index in [1.165, 1.54) is 0 Å². The Morgan fingerprint density at radius 1 is 1.00 bits per heavy atom. The van der Waals surface area contributed by atoms with Gasteiger partial charge >= 0.3 is 0 Å². The van der Waals surface area contributed by atoms with Crippen molar-refractivity contribution in [3.8, 4) is 0 Å². The van der Waals surface area contributed by atoms with Crippen LogP contribution in [-0.2, 0) is 53.6 Å². The van der Waals surface area contributed by atoms with Gasteiger partial charge in [0.25, 0.3) is 0 Å². The van der Waals surface area contributed by atoms with Crippen LogP contribution < -0.4 is 0 Å². The number of hydrogen-bond donors (Lipinski definition) is 0. The molecule has 0 spiro atoms. The Morgan fingerprint density at radius 3 is 1.00 bits per heavy atom. The molecule has 0 heterocycles. The van der Waals surface area contributed by atoms with Crippen molar-refractivity contribution in [2.24, 2.45) is 0 Å². The van der Waals surface area contributed by atoms with E-state index in [4.69, 9.17) is 0 Å². The Bertz CT molecular complexity index is 15.5. The molecule has 0 aromatic carbocycles. The van der Waals surface area contributed by atoms with Crippen molar-refractivity contribution in [1.82, 2.24) is 0 Å². The Kier molecular flexibility index (Phi) is 355. The molecule has 0 nitrogen and oxygen atoms in total. The van der Waals surface area contributed by atoms with Crippen molar-refractivity contribution in [2.45, 2.75) is 0 Å². The molecule has 0 amide bonds. The molecule has 6 heavy (non-hydrogen) atoms. The number of hydrogen-bond acceptors (Lipinski definition) is 0.